The molecule has 1 aromatic carbocycles. The van der Waals surface area contributed by atoms with Gasteiger partial charge in [-0.05, 0) is 50.0 Å². The summed E-state index contributed by atoms with van der Waals surface area (Å²) in [6.45, 7) is 7.25. The van der Waals surface area contributed by atoms with E-state index in [4.69, 9.17) is 5.73 Å². The van der Waals surface area contributed by atoms with Crippen molar-refractivity contribution in [2.45, 2.75) is 52.6 Å². The van der Waals surface area contributed by atoms with Gasteiger partial charge in [-0.3, -0.25) is 0 Å². The molecule has 2 rings (SSSR count). The zero-order chi connectivity index (χ0) is 14.8. The molecule has 0 saturated heterocycles. The van der Waals surface area contributed by atoms with Gasteiger partial charge in [-0.25, -0.2) is 0 Å². The molecule has 1 saturated carbocycles. The lowest BCUT2D eigenvalue weighted by Crippen LogP contribution is -2.40. The molecule has 2 nitrogen and oxygen atoms in total. The highest BCUT2D eigenvalue weighted by atomic mass is 16.3. The third kappa shape index (κ3) is 3.07. The van der Waals surface area contributed by atoms with Gasteiger partial charge in [0.25, 0.3) is 0 Å². The second kappa shape index (κ2) is 6.28. The van der Waals surface area contributed by atoms with Gasteiger partial charge in [0.15, 0.2) is 0 Å². The maximum Gasteiger partial charge on any atom is 0.0858 e. The van der Waals surface area contributed by atoms with Gasteiger partial charge < -0.3 is 10.8 Å². The van der Waals surface area contributed by atoms with Crippen LogP contribution in [0.4, 0.5) is 0 Å². The van der Waals surface area contributed by atoms with Gasteiger partial charge in [0.05, 0.1) is 6.10 Å². The number of benzene rings is 1. The molecule has 1 aliphatic carbocycles. The molecular weight excluding hydrogens is 246 g/mol. The monoisotopic (exact) mass is 275 g/mol. The second-order valence-corrected chi connectivity index (χ2v) is 6.96. The van der Waals surface area contributed by atoms with Crippen molar-refractivity contribution in [3.8, 4) is 0 Å². The third-order valence-corrected chi connectivity index (χ3v) is 5.31. The van der Waals surface area contributed by atoms with Crippen LogP contribution in [0, 0.1) is 24.2 Å². The summed E-state index contributed by atoms with van der Waals surface area (Å²) in [5.41, 5.74) is 8.18. The normalized spacial score (nSPS) is 28.6. The summed E-state index contributed by atoms with van der Waals surface area (Å²) in [5.74, 6) is 1.53. The summed E-state index contributed by atoms with van der Waals surface area (Å²) in [6, 6.07) is 8.22. The van der Waals surface area contributed by atoms with E-state index in [1.54, 1.807) is 0 Å². The van der Waals surface area contributed by atoms with E-state index < -0.39 is 6.10 Å². The zero-order valence-corrected chi connectivity index (χ0v) is 13.1. The molecule has 1 unspecified atom stereocenters. The molecule has 0 aliphatic heterocycles. The Balaban J connectivity index is 2.16. The number of rotatable bonds is 4. The summed E-state index contributed by atoms with van der Waals surface area (Å²) in [5, 5.41) is 10.9. The fourth-order valence-electron chi connectivity index (χ4n) is 3.66. The molecule has 0 bridgehead atoms. The van der Waals surface area contributed by atoms with E-state index in [-0.39, 0.29) is 5.41 Å². The van der Waals surface area contributed by atoms with Crippen LogP contribution in [0.2, 0.25) is 0 Å². The van der Waals surface area contributed by atoms with E-state index in [1.807, 2.05) is 12.1 Å². The molecule has 0 aromatic heterocycles. The van der Waals surface area contributed by atoms with Gasteiger partial charge in [-0.15, -0.1) is 0 Å². The molecule has 0 amide bonds. The van der Waals surface area contributed by atoms with Crippen LogP contribution in [0.5, 0.6) is 0 Å². The standard InChI is InChI=1S/C18H29NO/c1-13(2)15-7-9-18(12-19,10-8-15)17(20)16-6-4-5-14(3)11-16/h4-6,11,13,15,17,20H,7-10,12,19H2,1-3H3. The van der Waals surface area contributed by atoms with E-state index in [1.165, 1.54) is 18.4 Å². The van der Waals surface area contributed by atoms with Crippen molar-refractivity contribution < 1.29 is 5.11 Å². The van der Waals surface area contributed by atoms with Gasteiger partial charge in [-0.2, -0.15) is 0 Å². The van der Waals surface area contributed by atoms with E-state index >= 15 is 0 Å². The van der Waals surface area contributed by atoms with Crippen molar-refractivity contribution in [1.82, 2.24) is 0 Å². The number of aliphatic hydroxyl groups is 1. The minimum absolute atomic E-state index is 0.126. The Kier molecular flexibility index (Phi) is 4.87. The van der Waals surface area contributed by atoms with Gasteiger partial charge in [0.2, 0.25) is 0 Å². The smallest absolute Gasteiger partial charge is 0.0858 e. The lowest BCUT2D eigenvalue weighted by atomic mass is 9.64. The maximum atomic E-state index is 10.9. The molecule has 0 radical (unpaired) electrons. The Morgan fingerprint density at radius 3 is 2.45 bits per heavy atom. The molecule has 1 atom stereocenters. The fraction of sp³-hybridized carbons (Fsp3) is 0.667. The summed E-state index contributed by atoms with van der Waals surface area (Å²) in [4.78, 5) is 0. The number of hydrogen-bond acceptors (Lipinski definition) is 2. The van der Waals surface area contributed by atoms with Gasteiger partial charge in [0, 0.05) is 12.0 Å². The highest BCUT2D eigenvalue weighted by Gasteiger charge is 2.41. The molecule has 1 aromatic rings. The molecule has 112 valence electrons. The summed E-state index contributed by atoms with van der Waals surface area (Å²) in [6.07, 6.45) is 4.04. The maximum absolute atomic E-state index is 10.9. The fourth-order valence-corrected chi connectivity index (χ4v) is 3.66. The van der Waals surface area contributed by atoms with Gasteiger partial charge in [0.1, 0.15) is 0 Å². The van der Waals surface area contributed by atoms with E-state index in [2.05, 4.69) is 32.9 Å². The number of aryl methyl sites for hydroxylation is 1. The van der Waals surface area contributed by atoms with Crippen molar-refractivity contribution in [3.63, 3.8) is 0 Å². The highest BCUT2D eigenvalue weighted by molar-refractivity contribution is 5.26. The average Bonchev–Trinajstić information content (AvgIpc) is 2.46. The first kappa shape index (κ1) is 15.5. The largest absolute Gasteiger partial charge is 0.388 e. The van der Waals surface area contributed by atoms with E-state index in [0.717, 1.165) is 30.2 Å². The van der Waals surface area contributed by atoms with E-state index in [9.17, 15) is 5.11 Å². The molecule has 2 heteroatoms. The average molecular weight is 275 g/mol. The van der Waals surface area contributed by atoms with Crippen molar-refractivity contribution >= 4 is 0 Å². The lowest BCUT2D eigenvalue weighted by molar-refractivity contribution is -0.0148. The Hall–Kier alpha value is -0.860. The Morgan fingerprint density at radius 2 is 1.95 bits per heavy atom. The predicted molar refractivity (Wildman–Crippen MR) is 84.4 cm³/mol. The topological polar surface area (TPSA) is 46.2 Å². The second-order valence-electron chi connectivity index (χ2n) is 6.96. The molecule has 1 fully saturated rings. The van der Waals surface area contributed by atoms with Crippen LogP contribution >= 0.6 is 0 Å². The molecule has 20 heavy (non-hydrogen) atoms. The summed E-state index contributed by atoms with van der Waals surface area (Å²) < 4.78 is 0. The number of aliphatic hydroxyl groups excluding tert-OH is 1. The molecular formula is C18H29NO. The zero-order valence-electron chi connectivity index (χ0n) is 13.1. The molecule has 1 aliphatic rings. The first-order valence-corrected chi connectivity index (χ1v) is 7.93. The molecule has 0 spiro atoms. The summed E-state index contributed by atoms with van der Waals surface area (Å²) in [7, 11) is 0. The minimum atomic E-state index is -0.430. The van der Waals surface area contributed by atoms with Crippen LogP contribution in [-0.4, -0.2) is 11.7 Å². The van der Waals surface area contributed by atoms with Crippen LogP contribution < -0.4 is 5.73 Å². The number of nitrogens with two attached hydrogens (primary N) is 1. The first-order chi connectivity index (χ1) is 9.48. The van der Waals surface area contributed by atoms with E-state index in [0.29, 0.717) is 6.54 Å². The van der Waals surface area contributed by atoms with Gasteiger partial charge >= 0.3 is 0 Å². The highest BCUT2D eigenvalue weighted by Crippen LogP contribution is 2.48. The predicted octanol–water partition coefficient (Wildman–Crippen LogP) is 3.82. The number of hydrogen-bond donors (Lipinski definition) is 2. The Morgan fingerprint density at radius 1 is 1.30 bits per heavy atom. The SMILES string of the molecule is Cc1cccc(C(O)C2(CN)CCC(C(C)C)CC2)c1. The Bertz CT molecular complexity index is 433. The lowest BCUT2D eigenvalue weighted by Gasteiger charge is -2.44. The van der Waals surface area contributed by atoms with Crippen LogP contribution in [-0.2, 0) is 0 Å². The van der Waals surface area contributed by atoms with Crippen molar-refractivity contribution in [3.05, 3.63) is 35.4 Å². The van der Waals surface area contributed by atoms with Crippen molar-refractivity contribution in [2.24, 2.45) is 23.0 Å². The van der Waals surface area contributed by atoms with Crippen LogP contribution in [0.3, 0.4) is 0 Å². The van der Waals surface area contributed by atoms with Crippen molar-refractivity contribution in [1.29, 1.82) is 0 Å². The minimum Gasteiger partial charge on any atom is -0.388 e. The van der Waals surface area contributed by atoms with Crippen LogP contribution in [0.15, 0.2) is 24.3 Å². The van der Waals surface area contributed by atoms with Gasteiger partial charge in [-0.1, -0.05) is 43.7 Å². The molecule has 0 heterocycles. The van der Waals surface area contributed by atoms with Crippen molar-refractivity contribution in [2.75, 3.05) is 6.54 Å². The summed E-state index contributed by atoms with van der Waals surface area (Å²) >= 11 is 0. The van der Waals surface area contributed by atoms with Crippen LogP contribution in [0.1, 0.15) is 56.8 Å². The third-order valence-electron chi connectivity index (χ3n) is 5.31. The van der Waals surface area contributed by atoms with Crippen LogP contribution in [0.25, 0.3) is 0 Å². The quantitative estimate of drug-likeness (QED) is 0.877. The molecule has 3 N–H and O–H groups in total. The Labute approximate surface area is 123 Å². The first-order valence-electron chi connectivity index (χ1n) is 7.93.